The molecule has 1 heterocycles. The zero-order valence-electron chi connectivity index (χ0n) is 16.3. The van der Waals surface area contributed by atoms with Crippen LogP contribution in [-0.2, 0) is 22.3 Å². The van der Waals surface area contributed by atoms with E-state index >= 15 is 0 Å². The molecular weight excluding hydrogens is 441 g/mol. The molecule has 0 bridgehead atoms. The molecule has 0 atom stereocenters. The monoisotopic (exact) mass is 462 g/mol. The summed E-state index contributed by atoms with van der Waals surface area (Å²) in [6.45, 7) is 1.47. The van der Waals surface area contributed by atoms with Crippen molar-refractivity contribution >= 4 is 11.9 Å². The van der Waals surface area contributed by atoms with Crippen LogP contribution in [0.4, 0.5) is 30.7 Å². The number of carboxylic acids is 2. The molecule has 1 aromatic carbocycles. The van der Waals surface area contributed by atoms with Crippen molar-refractivity contribution in [3.63, 3.8) is 0 Å². The van der Waals surface area contributed by atoms with Gasteiger partial charge in [0.15, 0.2) is 0 Å². The van der Waals surface area contributed by atoms with Gasteiger partial charge in [0, 0.05) is 12.6 Å². The van der Waals surface area contributed by atoms with Crippen LogP contribution in [0.15, 0.2) is 18.2 Å². The summed E-state index contributed by atoms with van der Waals surface area (Å²) in [5, 5.41) is 15.9. The average molecular weight is 462 g/mol. The summed E-state index contributed by atoms with van der Waals surface area (Å²) < 4.78 is 83.4. The standard InChI is InChI=1S/C16H20F4N2O2.C2HF3O2/c1-21(10-15(23)24)14-2-4-22(5-3-14)9-11-6-12(16(18,19)20)8-13(17)7-11;3-2(4,5)1(6)7/h6-8,14H,2-5,9-10H2,1H3,(H,23,24);(H,6,7). The molecule has 2 rings (SSSR count). The van der Waals surface area contributed by atoms with E-state index in [1.807, 2.05) is 4.90 Å². The third-order valence-electron chi connectivity index (χ3n) is 4.50. The Kier molecular flexibility index (Phi) is 9.24. The van der Waals surface area contributed by atoms with E-state index in [1.54, 1.807) is 11.9 Å². The van der Waals surface area contributed by atoms with Crippen molar-refractivity contribution in [1.82, 2.24) is 9.80 Å². The number of likely N-dealkylation sites (N-methyl/N-ethyl adjacent to an activating group) is 1. The molecule has 0 amide bonds. The number of hydrogen-bond acceptors (Lipinski definition) is 4. The third-order valence-corrected chi connectivity index (χ3v) is 4.50. The molecule has 6 nitrogen and oxygen atoms in total. The normalized spacial score (nSPS) is 16.0. The summed E-state index contributed by atoms with van der Waals surface area (Å²) >= 11 is 0. The van der Waals surface area contributed by atoms with Gasteiger partial charge >= 0.3 is 24.3 Å². The summed E-state index contributed by atoms with van der Waals surface area (Å²) in [7, 11) is 1.75. The molecule has 1 aliphatic heterocycles. The molecule has 0 saturated carbocycles. The minimum absolute atomic E-state index is 0.0382. The van der Waals surface area contributed by atoms with E-state index < -0.39 is 35.7 Å². The van der Waals surface area contributed by atoms with Gasteiger partial charge in [-0.1, -0.05) is 0 Å². The second kappa shape index (κ2) is 10.8. The molecule has 13 heteroatoms. The van der Waals surface area contributed by atoms with E-state index in [0.717, 1.165) is 25.0 Å². The number of halogens is 7. The first-order valence-electron chi connectivity index (χ1n) is 8.90. The molecule has 1 fully saturated rings. The van der Waals surface area contributed by atoms with Crippen molar-refractivity contribution in [3.05, 3.63) is 35.1 Å². The second-order valence-electron chi connectivity index (χ2n) is 6.96. The number of benzene rings is 1. The number of piperidine rings is 1. The predicted molar refractivity (Wildman–Crippen MR) is 93.7 cm³/mol. The lowest BCUT2D eigenvalue weighted by Crippen LogP contribution is -2.44. The van der Waals surface area contributed by atoms with Gasteiger partial charge in [-0.3, -0.25) is 14.6 Å². The lowest BCUT2D eigenvalue weighted by molar-refractivity contribution is -0.192. The minimum atomic E-state index is -5.08. The first-order valence-corrected chi connectivity index (χ1v) is 8.90. The van der Waals surface area contributed by atoms with Gasteiger partial charge in [-0.05, 0) is 56.7 Å². The minimum Gasteiger partial charge on any atom is -0.480 e. The molecule has 0 spiro atoms. The summed E-state index contributed by atoms with van der Waals surface area (Å²) in [5.41, 5.74) is -0.687. The second-order valence-corrected chi connectivity index (χ2v) is 6.96. The molecule has 0 unspecified atom stereocenters. The van der Waals surface area contributed by atoms with Crippen LogP contribution in [0.3, 0.4) is 0 Å². The van der Waals surface area contributed by atoms with Gasteiger partial charge in [0.25, 0.3) is 0 Å². The highest BCUT2D eigenvalue weighted by Crippen LogP contribution is 2.31. The lowest BCUT2D eigenvalue weighted by atomic mass is 10.0. The molecule has 2 N–H and O–H groups in total. The summed E-state index contributed by atoms with van der Waals surface area (Å²) in [4.78, 5) is 23.3. The molecule has 0 radical (unpaired) electrons. The Morgan fingerprint density at radius 2 is 1.58 bits per heavy atom. The molecular formula is C18H21F7N2O4. The quantitative estimate of drug-likeness (QED) is 0.653. The molecule has 1 aromatic rings. The fourth-order valence-corrected chi connectivity index (χ4v) is 3.02. The molecule has 1 aliphatic rings. The van der Waals surface area contributed by atoms with Crippen molar-refractivity contribution in [3.8, 4) is 0 Å². The SMILES string of the molecule is CN(CC(=O)O)C1CCN(Cc2cc(F)cc(C(F)(F)F)c2)CC1.O=C(O)C(F)(F)F. The van der Waals surface area contributed by atoms with E-state index in [0.29, 0.717) is 24.7 Å². The fourth-order valence-electron chi connectivity index (χ4n) is 3.02. The number of likely N-dealkylation sites (tertiary alicyclic amines) is 1. The third kappa shape index (κ3) is 9.51. The Hall–Kier alpha value is -2.41. The van der Waals surface area contributed by atoms with Gasteiger partial charge in [-0.25, -0.2) is 9.18 Å². The number of hydrogen-bond donors (Lipinski definition) is 2. The van der Waals surface area contributed by atoms with E-state index in [-0.39, 0.29) is 19.1 Å². The predicted octanol–water partition coefficient (Wildman–Crippen LogP) is 3.46. The molecule has 0 aliphatic carbocycles. The lowest BCUT2D eigenvalue weighted by Gasteiger charge is -2.36. The van der Waals surface area contributed by atoms with Crippen LogP contribution in [0.25, 0.3) is 0 Å². The van der Waals surface area contributed by atoms with E-state index in [1.165, 1.54) is 0 Å². The van der Waals surface area contributed by atoms with E-state index in [4.69, 9.17) is 15.0 Å². The maximum absolute atomic E-state index is 13.4. The number of carbonyl (C=O) groups is 2. The number of carboxylic acid groups (broad SMARTS) is 2. The topological polar surface area (TPSA) is 81.1 Å². The summed E-state index contributed by atoms with van der Waals surface area (Å²) in [6.07, 6.45) is -8.19. The van der Waals surface area contributed by atoms with Crippen molar-refractivity contribution in [2.75, 3.05) is 26.7 Å². The number of nitrogens with zero attached hydrogens (tertiary/aromatic N) is 2. The highest BCUT2D eigenvalue weighted by Gasteiger charge is 2.38. The van der Waals surface area contributed by atoms with Gasteiger partial charge in [-0.2, -0.15) is 26.3 Å². The maximum atomic E-state index is 13.4. The van der Waals surface area contributed by atoms with Crippen molar-refractivity contribution in [2.24, 2.45) is 0 Å². The first-order chi connectivity index (χ1) is 14.1. The summed E-state index contributed by atoms with van der Waals surface area (Å²) in [5.74, 6) is -4.54. The highest BCUT2D eigenvalue weighted by molar-refractivity contribution is 5.73. The van der Waals surface area contributed by atoms with Crippen LogP contribution in [0.1, 0.15) is 24.0 Å². The van der Waals surface area contributed by atoms with Crippen molar-refractivity contribution in [1.29, 1.82) is 0 Å². The van der Waals surface area contributed by atoms with Gasteiger partial charge in [0.1, 0.15) is 5.82 Å². The average Bonchev–Trinajstić information content (AvgIpc) is 2.60. The molecule has 1 saturated heterocycles. The number of aliphatic carboxylic acids is 2. The molecule has 0 aromatic heterocycles. The van der Waals surface area contributed by atoms with Crippen molar-refractivity contribution < 1.29 is 50.5 Å². The van der Waals surface area contributed by atoms with Crippen LogP contribution >= 0.6 is 0 Å². The van der Waals surface area contributed by atoms with E-state index in [9.17, 15) is 35.5 Å². The zero-order valence-corrected chi connectivity index (χ0v) is 16.3. The Labute approximate surface area is 172 Å². The van der Waals surface area contributed by atoms with Gasteiger partial charge in [0.2, 0.25) is 0 Å². The number of rotatable bonds is 5. The Bertz CT molecular complexity index is 760. The zero-order chi connectivity index (χ0) is 24.0. The molecule has 176 valence electrons. The Balaban J connectivity index is 0.000000592. The van der Waals surface area contributed by atoms with Crippen LogP contribution in [0.2, 0.25) is 0 Å². The van der Waals surface area contributed by atoms with E-state index in [2.05, 4.69) is 0 Å². The number of alkyl halides is 6. The van der Waals surface area contributed by atoms with Gasteiger partial charge in [-0.15, -0.1) is 0 Å². The summed E-state index contributed by atoms with van der Waals surface area (Å²) in [6, 6.07) is 2.73. The van der Waals surface area contributed by atoms with Crippen LogP contribution in [0, 0.1) is 5.82 Å². The van der Waals surface area contributed by atoms with Crippen molar-refractivity contribution in [2.45, 2.75) is 37.8 Å². The highest BCUT2D eigenvalue weighted by atomic mass is 19.4. The Morgan fingerprint density at radius 3 is 2.00 bits per heavy atom. The van der Waals surface area contributed by atoms with Gasteiger partial charge < -0.3 is 10.2 Å². The largest absolute Gasteiger partial charge is 0.490 e. The van der Waals surface area contributed by atoms with Crippen LogP contribution in [0.5, 0.6) is 0 Å². The van der Waals surface area contributed by atoms with Crippen LogP contribution < -0.4 is 0 Å². The molecule has 31 heavy (non-hydrogen) atoms. The fraction of sp³-hybridized carbons (Fsp3) is 0.556. The smallest absolute Gasteiger partial charge is 0.480 e. The Morgan fingerprint density at radius 1 is 1.06 bits per heavy atom. The maximum Gasteiger partial charge on any atom is 0.490 e. The first kappa shape index (κ1) is 26.6. The van der Waals surface area contributed by atoms with Crippen LogP contribution in [-0.4, -0.2) is 70.9 Å². The van der Waals surface area contributed by atoms with Gasteiger partial charge in [0.05, 0.1) is 12.1 Å².